The fraction of sp³-hybridized carbons (Fsp3) is 0.348. The number of hydrogen-bond acceptors (Lipinski definition) is 4. The normalized spacial score (nSPS) is 16.3. The number of likely N-dealkylation sites (tertiary alicyclic amines) is 1. The van der Waals surface area contributed by atoms with Crippen molar-refractivity contribution in [3.63, 3.8) is 0 Å². The monoisotopic (exact) mass is 459 g/mol. The summed E-state index contributed by atoms with van der Waals surface area (Å²) in [4.78, 5) is 17.8. The molecule has 0 bridgehead atoms. The minimum atomic E-state index is -3.57. The van der Waals surface area contributed by atoms with Gasteiger partial charge in [-0.3, -0.25) is 4.79 Å². The Morgan fingerprint density at radius 2 is 1.77 bits per heavy atom. The quantitative estimate of drug-likeness (QED) is 0.629. The van der Waals surface area contributed by atoms with Crippen molar-refractivity contribution in [3.05, 3.63) is 63.9 Å². The summed E-state index contributed by atoms with van der Waals surface area (Å²) in [6.45, 7) is 2.52. The van der Waals surface area contributed by atoms with Gasteiger partial charge in [0.1, 0.15) is 0 Å². The first-order chi connectivity index (χ1) is 14.8. The van der Waals surface area contributed by atoms with Crippen LogP contribution in [0.4, 0.5) is 0 Å². The second-order valence-electron chi connectivity index (χ2n) is 8.27. The molecule has 1 aromatic heterocycles. The molecule has 1 fully saturated rings. The number of nitrogens with one attached hydrogen (secondary N) is 1. The van der Waals surface area contributed by atoms with Crippen LogP contribution in [0.5, 0.6) is 0 Å². The van der Waals surface area contributed by atoms with Crippen molar-refractivity contribution >= 4 is 32.4 Å². The summed E-state index contributed by atoms with van der Waals surface area (Å²) < 4.78 is 27.5. The number of hydrogen-bond donors (Lipinski definition) is 1. The van der Waals surface area contributed by atoms with E-state index in [9.17, 15) is 13.2 Å². The maximum Gasteiger partial charge on any atom is 0.256 e. The summed E-state index contributed by atoms with van der Waals surface area (Å²) >= 11 is 6.26. The first kappa shape index (κ1) is 22.0. The zero-order valence-corrected chi connectivity index (χ0v) is 19.2. The van der Waals surface area contributed by atoms with Gasteiger partial charge in [0.15, 0.2) is 0 Å². The molecule has 0 saturated carbocycles. The van der Waals surface area contributed by atoms with E-state index in [1.807, 2.05) is 6.07 Å². The number of rotatable bonds is 5. The van der Waals surface area contributed by atoms with E-state index >= 15 is 0 Å². The third-order valence-corrected chi connectivity index (χ3v) is 8.23. The molecule has 31 heavy (non-hydrogen) atoms. The highest BCUT2D eigenvalue weighted by atomic mass is 35.5. The summed E-state index contributed by atoms with van der Waals surface area (Å²) in [5.41, 5.74) is 1.08. The van der Waals surface area contributed by atoms with Crippen LogP contribution in [-0.4, -0.2) is 56.3 Å². The fourth-order valence-electron chi connectivity index (χ4n) is 4.10. The van der Waals surface area contributed by atoms with E-state index in [1.165, 1.54) is 4.31 Å². The fourth-order valence-corrected chi connectivity index (χ4v) is 5.58. The van der Waals surface area contributed by atoms with Crippen LogP contribution >= 0.6 is 11.6 Å². The van der Waals surface area contributed by atoms with Crippen molar-refractivity contribution in [2.45, 2.75) is 17.7 Å². The lowest BCUT2D eigenvalue weighted by atomic mass is 9.97. The topological polar surface area (TPSA) is 73.5 Å². The van der Waals surface area contributed by atoms with Crippen LogP contribution in [-0.2, 0) is 10.0 Å². The van der Waals surface area contributed by atoms with E-state index in [0.717, 1.165) is 31.5 Å². The van der Waals surface area contributed by atoms with Gasteiger partial charge in [0.05, 0.1) is 4.90 Å². The summed E-state index contributed by atoms with van der Waals surface area (Å²) in [5.74, 6) is 0.377. The van der Waals surface area contributed by atoms with Crippen LogP contribution in [0.25, 0.3) is 22.0 Å². The zero-order valence-electron chi connectivity index (χ0n) is 17.6. The number of sulfonamides is 1. The number of benzene rings is 2. The molecule has 0 unspecified atom stereocenters. The molecule has 0 aliphatic carbocycles. The zero-order chi connectivity index (χ0) is 22.2. The Morgan fingerprint density at radius 1 is 1.10 bits per heavy atom. The summed E-state index contributed by atoms with van der Waals surface area (Å²) in [6.07, 6.45) is 2.01. The second-order valence-corrected chi connectivity index (χ2v) is 10.7. The Kier molecular flexibility index (Phi) is 6.21. The molecule has 1 aliphatic rings. The molecule has 0 radical (unpaired) electrons. The van der Waals surface area contributed by atoms with Gasteiger partial charge in [-0.15, -0.1) is 0 Å². The predicted octanol–water partition coefficient (Wildman–Crippen LogP) is 3.81. The molecule has 8 heteroatoms. The van der Waals surface area contributed by atoms with Gasteiger partial charge < -0.3 is 9.88 Å². The number of pyridine rings is 1. The van der Waals surface area contributed by atoms with Crippen LogP contribution < -0.4 is 5.56 Å². The van der Waals surface area contributed by atoms with E-state index < -0.39 is 10.0 Å². The maximum atomic E-state index is 13.0. The Morgan fingerprint density at radius 3 is 2.45 bits per heavy atom. The first-order valence-electron chi connectivity index (χ1n) is 10.3. The Balaban J connectivity index is 1.57. The van der Waals surface area contributed by atoms with Crippen LogP contribution in [0, 0.1) is 5.92 Å². The first-order valence-corrected chi connectivity index (χ1v) is 12.1. The highest BCUT2D eigenvalue weighted by Gasteiger charge is 2.25. The molecule has 164 valence electrons. The van der Waals surface area contributed by atoms with Crippen LogP contribution in [0.15, 0.2) is 58.2 Å². The standard InChI is InChI=1S/C23H26ClN3O3S/c1-26-12-10-16(11-13-26)15-27(2)31(29,30)18-8-6-17(7-9-18)22-14-20-19(23(28)25-22)4-3-5-21(20)24/h3-9,14,16H,10-13,15H2,1-2H3,(H,25,28). The average Bonchev–Trinajstić information content (AvgIpc) is 2.76. The molecule has 1 N–H and O–H groups in total. The number of halogens is 1. The van der Waals surface area contributed by atoms with Gasteiger partial charge in [0.2, 0.25) is 10.0 Å². The van der Waals surface area contributed by atoms with Crippen molar-refractivity contribution in [1.82, 2.24) is 14.2 Å². The van der Waals surface area contributed by atoms with Gasteiger partial charge in [-0.1, -0.05) is 29.8 Å². The number of fused-ring (bicyclic) bond motifs is 1. The van der Waals surface area contributed by atoms with Gasteiger partial charge in [-0.25, -0.2) is 12.7 Å². The number of piperidine rings is 1. The van der Waals surface area contributed by atoms with Gasteiger partial charge in [0, 0.05) is 35.1 Å². The van der Waals surface area contributed by atoms with Crippen molar-refractivity contribution in [2.24, 2.45) is 5.92 Å². The van der Waals surface area contributed by atoms with E-state index in [0.29, 0.717) is 34.0 Å². The van der Waals surface area contributed by atoms with E-state index in [2.05, 4.69) is 16.9 Å². The minimum Gasteiger partial charge on any atom is -0.321 e. The molecule has 1 aliphatic heterocycles. The third-order valence-electron chi connectivity index (χ3n) is 6.06. The second kappa shape index (κ2) is 8.74. The van der Waals surface area contributed by atoms with E-state index in [4.69, 9.17) is 11.6 Å². The number of aromatic amines is 1. The molecule has 1 saturated heterocycles. The predicted molar refractivity (Wildman–Crippen MR) is 125 cm³/mol. The van der Waals surface area contributed by atoms with Crippen LogP contribution in [0.2, 0.25) is 5.02 Å². The highest BCUT2D eigenvalue weighted by Crippen LogP contribution is 2.27. The largest absolute Gasteiger partial charge is 0.321 e. The number of aromatic nitrogens is 1. The van der Waals surface area contributed by atoms with Gasteiger partial charge in [0.25, 0.3) is 5.56 Å². The summed E-state index contributed by atoms with van der Waals surface area (Å²) in [5, 5.41) is 1.68. The maximum absolute atomic E-state index is 13.0. The van der Waals surface area contributed by atoms with Crippen molar-refractivity contribution in [2.75, 3.05) is 33.7 Å². The molecule has 2 aromatic carbocycles. The molecule has 4 rings (SSSR count). The van der Waals surface area contributed by atoms with Gasteiger partial charge in [-0.05, 0) is 74.8 Å². The van der Waals surface area contributed by atoms with Gasteiger partial charge in [-0.2, -0.15) is 0 Å². The van der Waals surface area contributed by atoms with Crippen LogP contribution in [0.3, 0.4) is 0 Å². The smallest absolute Gasteiger partial charge is 0.256 e. The number of nitrogens with zero attached hydrogens (tertiary/aromatic N) is 2. The molecule has 2 heterocycles. The van der Waals surface area contributed by atoms with Crippen molar-refractivity contribution in [1.29, 1.82) is 0 Å². The molecule has 0 amide bonds. The molecule has 0 spiro atoms. The lowest BCUT2D eigenvalue weighted by molar-refractivity contribution is 0.202. The minimum absolute atomic E-state index is 0.232. The van der Waals surface area contributed by atoms with Crippen LogP contribution in [0.1, 0.15) is 12.8 Å². The van der Waals surface area contributed by atoms with Crippen molar-refractivity contribution in [3.8, 4) is 11.3 Å². The van der Waals surface area contributed by atoms with Gasteiger partial charge >= 0.3 is 0 Å². The SMILES string of the molecule is CN1CCC(CN(C)S(=O)(=O)c2ccc(-c3cc4c(Cl)cccc4c(=O)[nH]3)cc2)CC1. The number of H-pyrrole nitrogens is 1. The molecular weight excluding hydrogens is 434 g/mol. The average molecular weight is 460 g/mol. The Hall–Kier alpha value is -2.19. The van der Waals surface area contributed by atoms with Crippen molar-refractivity contribution < 1.29 is 8.42 Å². The Labute approximate surface area is 187 Å². The molecule has 6 nitrogen and oxygen atoms in total. The lowest BCUT2D eigenvalue weighted by Crippen LogP contribution is -2.37. The third kappa shape index (κ3) is 4.55. The summed E-state index contributed by atoms with van der Waals surface area (Å²) in [7, 11) is 0.162. The molecule has 3 aromatic rings. The Bertz CT molecular complexity index is 1250. The molecular formula is C23H26ClN3O3S. The molecule has 0 atom stereocenters. The van der Waals surface area contributed by atoms with E-state index in [1.54, 1.807) is 49.5 Å². The van der Waals surface area contributed by atoms with E-state index in [-0.39, 0.29) is 10.5 Å². The summed E-state index contributed by atoms with van der Waals surface area (Å²) in [6, 6.07) is 13.6. The highest BCUT2D eigenvalue weighted by molar-refractivity contribution is 7.89. The lowest BCUT2D eigenvalue weighted by Gasteiger charge is -2.31.